The normalized spacial score (nSPS) is 17.2. The zero-order valence-corrected chi connectivity index (χ0v) is 23.2. The molecule has 6 nitrogen and oxygen atoms in total. The summed E-state index contributed by atoms with van der Waals surface area (Å²) in [5.74, 6) is -0.567. The Morgan fingerprint density at radius 2 is 1.69 bits per heavy atom. The molecule has 0 spiro atoms. The zero-order valence-electron chi connectivity index (χ0n) is 21.6. The summed E-state index contributed by atoms with van der Waals surface area (Å²) in [6.07, 6.45) is 0.129. The van der Waals surface area contributed by atoms with Crippen molar-refractivity contribution in [2.45, 2.75) is 32.4 Å². The first-order valence-electron chi connectivity index (χ1n) is 12.8. The molecule has 5 rings (SSSR count). The summed E-state index contributed by atoms with van der Waals surface area (Å²) >= 11 is 7.66. The smallest absolute Gasteiger partial charge is 0.338 e. The third-order valence-corrected chi connectivity index (χ3v) is 7.70. The van der Waals surface area contributed by atoms with Gasteiger partial charge in [-0.1, -0.05) is 96.2 Å². The Kier molecular flexibility index (Phi) is 8.19. The SMILES string of the molecule is CCOC(=O)C1=C(c2ccccc2)N=C2SC=C(CC(=O)N[C@@H](C)c3ccccc3)N2[C@@H]1c1ccc(Cl)cc1. The molecule has 2 aliphatic rings. The van der Waals surface area contributed by atoms with E-state index in [-0.39, 0.29) is 25.0 Å². The lowest BCUT2D eigenvalue weighted by molar-refractivity contribution is -0.139. The lowest BCUT2D eigenvalue weighted by Crippen LogP contribution is -2.38. The molecule has 3 aromatic carbocycles. The summed E-state index contributed by atoms with van der Waals surface area (Å²) in [5, 5.41) is 6.32. The van der Waals surface area contributed by atoms with E-state index in [1.165, 1.54) is 11.8 Å². The van der Waals surface area contributed by atoms with Crippen molar-refractivity contribution in [1.29, 1.82) is 0 Å². The van der Waals surface area contributed by atoms with Crippen LogP contribution in [0.1, 0.15) is 49.0 Å². The monoisotopic (exact) mass is 557 g/mol. The molecule has 0 bridgehead atoms. The Bertz CT molecular complexity index is 1450. The highest BCUT2D eigenvalue weighted by Crippen LogP contribution is 2.47. The number of aliphatic imine (C=N–C) groups is 1. The molecule has 2 aliphatic heterocycles. The van der Waals surface area contributed by atoms with Crippen LogP contribution in [-0.4, -0.2) is 28.6 Å². The predicted octanol–water partition coefficient (Wildman–Crippen LogP) is 6.88. The van der Waals surface area contributed by atoms with Crippen molar-refractivity contribution in [2.24, 2.45) is 4.99 Å². The van der Waals surface area contributed by atoms with Crippen LogP contribution < -0.4 is 5.32 Å². The number of esters is 1. The largest absolute Gasteiger partial charge is 0.463 e. The number of carbonyl (C=O) groups excluding carboxylic acids is 2. The highest BCUT2D eigenvalue weighted by atomic mass is 35.5. The maximum Gasteiger partial charge on any atom is 0.338 e. The molecule has 39 heavy (non-hydrogen) atoms. The molecule has 0 unspecified atom stereocenters. The Morgan fingerprint density at radius 1 is 1.03 bits per heavy atom. The first-order chi connectivity index (χ1) is 19.0. The van der Waals surface area contributed by atoms with E-state index in [0.29, 0.717) is 21.5 Å². The van der Waals surface area contributed by atoms with Crippen LogP contribution in [0, 0.1) is 0 Å². The number of nitrogens with one attached hydrogen (secondary N) is 1. The molecule has 0 saturated carbocycles. The van der Waals surface area contributed by atoms with Crippen molar-refractivity contribution in [3.63, 3.8) is 0 Å². The molecule has 0 aromatic heterocycles. The number of nitrogens with zero attached hydrogens (tertiary/aromatic N) is 2. The molecule has 3 aromatic rings. The second-order valence-electron chi connectivity index (χ2n) is 9.17. The molecular weight excluding hydrogens is 530 g/mol. The third kappa shape index (κ3) is 5.79. The molecule has 1 N–H and O–H groups in total. The van der Waals surface area contributed by atoms with Crippen molar-refractivity contribution in [3.05, 3.63) is 123 Å². The quantitative estimate of drug-likeness (QED) is 0.306. The number of thioether (sulfide) groups is 1. The molecule has 1 amide bonds. The minimum atomic E-state index is -0.551. The number of halogens is 1. The highest BCUT2D eigenvalue weighted by Gasteiger charge is 2.42. The first-order valence-corrected chi connectivity index (χ1v) is 14.0. The van der Waals surface area contributed by atoms with E-state index in [0.717, 1.165) is 22.4 Å². The standard InChI is InChI=1S/C31H28ClN3O3S/c1-3-38-30(37)27-28(22-12-8-5-9-13-22)34-31-35(29(27)23-14-16-24(32)17-15-23)25(19-39-31)18-26(36)33-20(2)21-10-6-4-7-11-21/h4-17,19-20,29H,3,18H2,1-2H3,(H,33,36)/t20-,29+/m0/s1. The topological polar surface area (TPSA) is 71.0 Å². The van der Waals surface area contributed by atoms with Gasteiger partial charge < -0.3 is 15.0 Å². The van der Waals surface area contributed by atoms with Crippen molar-refractivity contribution >= 4 is 46.1 Å². The van der Waals surface area contributed by atoms with E-state index in [1.54, 1.807) is 19.1 Å². The molecule has 0 radical (unpaired) electrons. The van der Waals surface area contributed by atoms with E-state index in [9.17, 15) is 9.59 Å². The fourth-order valence-corrected chi connectivity index (χ4v) is 5.78. The van der Waals surface area contributed by atoms with Crippen LogP contribution in [-0.2, 0) is 14.3 Å². The number of ether oxygens (including phenoxy) is 1. The summed E-state index contributed by atoms with van der Waals surface area (Å²) < 4.78 is 5.55. The van der Waals surface area contributed by atoms with Gasteiger partial charge in [-0.15, -0.1) is 0 Å². The predicted molar refractivity (Wildman–Crippen MR) is 157 cm³/mol. The number of rotatable bonds is 8. The summed E-state index contributed by atoms with van der Waals surface area (Å²) in [4.78, 5) is 33.6. The minimum absolute atomic E-state index is 0.121. The van der Waals surface area contributed by atoms with E-state index in [1.807, 2.05) is 90.0 Å². The minimum Gasteiger partial charge on any atom is -0.463 e. The van der Waals surface area contributed by atoms with Crippen molar-refractivity contribution in [1.82, 2.24) is 10.2 Å². The summed E-state index contributed by atoms with van der Waals surface area (Å²) in [6.45, 7) is 3.97. The maximum atomic E-state index is 13.5. The number of hydrogen-bond donors (Lipinski definition) is 1. The Balaban J connectivity index is 1.53. The number of hydrogen-bond acceptors (Lipinski definition) is 6. The number of fused-ring (bicyclic) bond motifs is 1. The van der Waals surface area contributed by atoms with Crippen LogP contribution in [0.25, 0.3) is 5.70 Å². The molecule has 0 saturated heterocycles. The van der Waals surface area contributed by atoms with Gasteiger partial charge in [0.2, 0.25) is 5.91 Å². The van der Waals surface area contributed by atoms with Gasteiger partial charge in [-0.05, 0) is 42.5 Å². The van der Waals surface area contributed by atoms with Crippen LogP contribution in [0.4, 0.5) is 0 Å². The number of amidine groups is 1. The first kappa shape index (κ1) is 26.8. The molecule has 2 atom stereocenters. The molecule has 2 heterocycles. The summed E-state index contributed by atoms with van der Waals surface area (Å²) in [5.41, 5.74) is 4.42. The zero-order chi connectivity index (χ0) is 27.4. The third-order valence-electron chi connectivity index (χ3n) is 6.56. The van der Waals surface area contributed by atoms with E-state index in [4.69, 9.17) is 21.3 Å². The van der Waals surface area contributed by atoms with Crippen LogP contribution in [0.2, 0.25) is 5.02 Å². The second-order valence-corrected chi connectivity index (χ2v) is 10.4. The number of amides is 1. The number of benzene rings is 3. The Hall–Kier alpha value is -3.81. The van der Waals surface area contributed by atoms with Gasteiger partial charge in [0, 0.05) is 16.3 Å². The Labute approximate surface area is 237 Å². The Morgan fingerprint density at radius 3 is 2.36 bits per heavy atom. The molecule has 198 valence electrons. The maximum absolute atomic E-state index is 13.5. The second kappa shape index (κ2) is 11.9. The fraction of sp³-hybridized carbons (Fsp3) is 0.194. The molecular formula is C31H28ClN3O3S. The summed E-state index contributed by atoms with van der Waals surface area (Å²) in [6, 6.07) is 26.1. The lowest BCUT2D eigenvalue weighted by Gasteiger charge is -2.37. The van der Waals surface area contributed by atoms with Crippen LogP contribution in [0.3, 0.4) is 0 Å². The van der Waals surface area contributed by atoms with Crippen LogP contribution >= 0.6 is 23.4 Å². The van der Waals surface area contributed by atoms with Gasteiger partial charge in [0.05, 0.1) is 36.4 Å². The van der Waals surface area contributed by atoms with Crippen LogP contribution in [0.15, 0.2) is 107 Å². The molecule has 8 heteroatoms. The highest BCUT2D eigenvalue weighted by molar-refractivity contribution is 8.16. The molecule has 0 fully saturated rings. The lowest BCUT2D eigenvalue weighted by atomic mass is 9.91. The van der Waals surface area contributed by atoms with Crippen LogP contribution in [0.5, 0.6) is 0 Å². The average molecular weight is 558 g/mol. The molecule has 0 aliphatic carbocycles. The van der Waals surface area contributed by atoms with Gasteiger partial charge in [-0.2, -0.15) is 0 Å². The van der Waals surface area contributed by atoms with E-state index < -0.39 is 12.0 Å². The van der Waals surface area contributed by atoms with Gasteiger partial charge >= 0.3 is 5.97 Å². The fourth-order valence-electron chi connectivity index (χ4n) is 4.73. The van der Waals surface area contributed by atoms with Gasteiger partial charge in [-0.3, -0.25) is 4.79 Å². The average Bonchev–Trinajstić information content (AvgIpc) is 3.35. The van der Waals surface area contributed by atoms with Gasteiger partial charge in [0.1, 0.15) is 0 Å². The van der Waals surface area contributed by atoms with Crippen molar-refractivity contribution in [3.8, 4) is 0 Å². The van der Waals surface area contributed by atoms with Gasteiger partial charge in [0.15, 0.2) is 5.17 Å². The van der Waals surface area contributed by atoms with Crippen molar-refractivity contribution < 1.29 is 14.3 Å². The van der Waals surface area contributed by atoms with Crippen molar-refractivity contribution in [2.75, 3.05) is 6.61 Å². The van der Waals surface area contributed by atoms with E-state index >= 15 is 0 Å². The summed E-state index contributed by atoms with van der Waals surface area (Å²) in [7, 11) is 0. The van der Waals surface area contributed by atoms with Gasteiger partial charge in [-0.25, -0.2) is 9.79 Å². The van der Waals surface area contributed by atoms with E-state index in [2.05, 4.69) is 5.32 Å². The number of carbonyl (C=O) groups is 2. The van der Waals surface area contributed by atoms with Gasteiger partial charge in [0.25, 0.3) is 0 Å².